The molecule has 0 spiro atoms. The summed E-state index contributed by atoms with van der Waals surface area (Å²) in [4.78, 5) is 40.1. The highest BCUT2D eigenvalue weighted by molar-refractivity contribution is 5.76. The van der Waals surface area contributed by atoms with Gasteiger partial charge in [0.2, 0.25) is 5.91 Å². The van der Waals surface area contributed by atoms with Gasteiger partial charge in [-0.15, -0.1) is 0 Å². The summed E-state index contributed by atoms with van der Waals surface area (Å²) >= 11 is 0. The molecule has 0 aliphatic heterocycles. The Balaban J connectivity index is 0.00000116. The van der Waals surface area contributed by atoms with Gasteiger partial charge in [-0.05, 0) is 38.2 Å². The average Bonchev–Trinajstić information content (AvgIpc) is 3.17. The Labute approximate surface area is 168 Å². The molecule has 1 amide bonds. The summed E-state index contributed by atoms with van der Waals surface area (Å²) < 4.78 is 13.2. The number of H-pyrrole nitrogens is 1. The number of aryl methyl sites for hydroxylation is 1. The lowest BCUT2D eigenvalue weighted by molar-refractivity contribution is -0.132. The van der Waals surface area contributed by atoms with Crippen LogP contribution in [0.3, 0.4) is 0 Å². The van der Waals surface area contributed by atoms with Crippen molar-refractivity contribution in [3.05, 3.63) is 53.9 Å². The number of nitrogens with zero attached hydrogens (tertiary/aromatic N) is 3. The molecule has 0 saturated carbocycles. The molecule has 29 heavy (non-hydrogen) atoms. The van der Waals surface area contributed by atoms with Crippen molar-refractivity contribution in [3.63, 3.8) is 0 Å². The number of halogens is 1. The number of aromatic nitrogens is 2. The van der Waals surface area contributed by atoms with Crippen LogP contribution in [0.1, 0.15) is 17.7 Å². The van der Waals surface area contributed by atoms with E-state index < -0.39 is 0 Å². The van der Waals surface area contributed by atoms with E-state index >= 15 is 0 Å². The van der Waals surface area contributed by atoms with Crippen LogP contribution < -0.4 is 0 Å². The normalized spacial score (nSPS) is 9.52. The minimum Gasteiger partial charge on any atom is -0.483 e. The Morgan fingerprint density at radius 2 is 1.86 bits per heavy atom. The summed E-state index contributed by atoms with van der Waals surface area (Å²) in [5.74, 6) is -0.206. The Hall–Kier alpha value is -3.27. The van der Waals surface area contributed by atoms with E-state index in [0.29, 0.717) is 25.9 Å². The first-order chi connectivity index (χ1) is 13.9. The Bertz CT molecular complexity index is 704. The molecule has 0 atom stereocenters. The third-order valence-electron chi connectivity index (χ3n) is 3.60. The Morgan fingerprint density at radius 1 is 1.21 bits per heavy atom. The summed E-state index contributed by atoms with van der Waals surface area (Å²) in [6, 6.07) is 6.40. The van der Waals surface area contributed by atoms with Crippen molar-refractivity contribution < 1.29 is 29.0 Å². The number of amides is 1. The van der Waals surface area contributed by atoms with Gasteiger partial charge in [0, 0.05) is 25.7 Å². The van der Waals surface area contributed by atoms with Gasteiger partial charge in [-0.25, -0.2) is 9.37 Å². The first kappa shape index (κ1) is 25.7. The largest absolute Gasteiger partial charge is 0.483 e. The predicted octanol–water partition coefficient (Wildman–Crippen LogP) is 1.47. The highest BCUT2D eigenvalue weighted by Gasteiger charge is 2.15. The molecule has 0 aliphatic carbocycles. The number of hydrogen-bond donors (Lipinski definition) is 3. The number of nitrogens with one attached hydrogen (secondary N) is 1. The van der Waals surface area contributed by atoms with E-state index in [2.05, 4.69) is 9.97 Å². The van der Waals surface area contributed by atoms with Crippen molar-refractivity contribution in [3.8, 4) is 0 Å². The number of rotatable bonds is 8. The summed E-state index contributed by atoms with van der Waals surface area (Å²) in [5.41, 5.74) is 1.75. The second kappa shape index (κ2) is 15.8. The van der Waals surface area contributed by atoms with Gasteiger partial charge >= 0.3 is 0 Å². The average molecular weight is 410 g/mol. The number of likely N-dealkylation sites (N-methyl/N-ethyl adjacent to an activating group) is 1. The highest BCUT2D eigenvalue weighted by Crippen LogP contribution is 2.09. The van der Waals surface area contributed by atoms with Crippen molar-refractivity contribution in [2.45, 2.75) is 19.4 Å². The third kappa shape index (κ3) is 12.7. The summed E-state index contributed by atoms with van der Waals surface area (Å²) in [5, 5.41) is 13.8. The van der Waals surface area contributed by atoms with Crippen LogP contribution >= 0.6 is 0 Å². The lowest BCUT2D eigenvalue weighted by Crippen LogP contribution is -2.36. The number of carbonyl (C=O) groups excluding carboxylic acids is 1. The zero-order chi connectivity index (χ0) is 22.1. The number of imidazole rings is 1. The molecule has 10 heteroatoms. The van der Waals surface area contributed by atoms with Crippen molar-refractivity contribution in [1.82, 2.24) is 19.8 Å². The summed E-state index contributed by atoms with van der Waals surface area (Å²) in [7, 11) is 3.96. The molecule has 0 saturated heterocycles. The van der Waals surface area contributed by atoms with Crippen molar-refractivity contribution >= 4 is 18.9 Å². The quantitative estimate of drug-likeness (QED) is 0.563. The van der Waals surface area contributed by atoms with Gasteiger partial charge in [-0.3, -0.25) is 14.4 Å². The maximum Gasteiger partial charge on any atom is 0.290 e. The van der Waals surface area contributed by atoms with E-state index in [1.165, 1.54) is 12.1 Å². The standard InChI is InChI=1S/C17H23FN4O.2CH2O2/c1-21(2)8-9-22(12-16-11-19-13-20-16)17(23)7-6-14-4-3-5-15(18)10-14;2*2-1-3/h3-5,10-11,13H,6-9,12H2,1-2H3,(H,19,20);2*1H,(H,2,3). The lowest BCUT2D eigenvalue weighted by atomic mass is 10.1. The monoisotopic (exact) mass is 410 g/mol. The first-order valence-electron chi connectivity index (χ1n) is 8.67. The van der Waals surface area contributed by atoms with Crippen LogP contribution in [-0.2, 0) is 27.3 Å². The molecule has 2 rings (SSSR count). The van der Waals surface area contributed by atoms with E-state index in [1.807, 2.05) is 30.0 Å². The number of aromatic amines is 1. The summed E-state index contributed by atoms with van der Waals surface area (Å²) in [6.07, 6.45) is 4.24. The Morgan fingerprint density at radius 3 is 2.38 bits per heavy atom. The van der Waals surface area contributed by atoms with Gasteiger partial charge in [0.1, 0.15) is 5.82 Å². The van der Waals surface area contributed by atoms with Crippen LogP contribution in [0.5, 0.6) is 0 Å². The second-order valence-electron chi connectivity index (χ2n) is 6.04. The van der Waals surface area contributed by atoms with Gasteiger partial charge in [0.25, 0.3) is 12.9 Å². The summed E-state index contributed by atoms with van der Waals surface area (Å²) in [6.45, 7) is 1.45. The predicted molar refractivity (Wildman–Crippen MR) is 105 cm³/mol. The van der Waals surface area contributed by atoms with E-state index in [1.54, 1.807) is 18.6 Å². The molecule has 0 radical (unpaired) electrons. The van der Waals surface area contributed by atoms with Crippen LogP contribution in [-0.4, -0.2) is 76.0 Å². The van der Waals surface area contributed by atoms with E-state index in [4.69, 9.17) is 19.8 Å². The molecule has 0 bridgehead atoms. The maximum atomic E-state index is 13.2. The van der Waals surface area contributed by atoms with Crippen molar-refractivity contribution in [1.29, 1.82) is 0 Å². The molecule has 0 unspecified atom stereocenters. The number of carboxylic acid groups (broad SMARTS) is 2. The van der Waals surface area contributed by atoms with Crippen LogP contribution in [0.15, 0.2) is 36.8 Å². The topological polar surface area (TPSA) is 127 Å². The molecule has 1 aromatic heterocycles. The van der Waals surface area contributed by atoms with E-state index in [-0.39, 0.29) is 24.7 Å². The molecule has 1 heterocycles. The molecule has 160 valence electrons. The van der Waals surface area contributed by atoms with Gasteiger partial charge in [0.15, 0.2) is 0 Å². The van der Waals surface area contributed by atoms with Crippen molar-refractivity contribution in [2.75, 3.05) is 27.2 Å². The molecule has 0 fully saturated rings. The molecule has 2 aromatic rings. The molecule has 3 N–H and O–H groups in total. The van der Waals surface area contributed by atoms with E-state index in [0.717, 1.165) is 17.8 Å². The fraction of sp³-hybridized carbons (Fsp3) is 0.368. The van der Waals surface area contributed by atoms with Gasteiger partial charge in [-0.2, -0.15) is 0 Å². The van der Waals surface area contributed by atoms with Crippen LogP contribution in [0.2, 0.25) is 0 Å². The second-order valence-corrected chi connectivity index (χ2v) is 6.04. The number of carbonyl (C=O) groups is 3. The fourth-order valence-electron chi connectivity index (χ4n) is 2.29. The maximum absolute atomic E-state index is 13.2. The molecular formula is C19H27FN4O5. The molecular weight excluding hydrogens is 383 g/mol. The lowest BCUT2D eigenvalue weighted by Gasteiger charge is -2.24. The minimum atomic E-state index is -0.267. The highest BCUT2D eigenvalue weighted by atomic mass is 19.1. The van der Waals surface area contributed by atoms with Gasteiger partial charge < -0.3 is 25.0 Å². The smallest absolute Gasteiger partial charge is 0.290 e. The van der Waals surface area contributed by atoms with Crippen molar-refractivity contribution in [2.24, 2.45) is 0 Å². The van der Waals surface area contributed by atoms with Crippen LogP contribution in [0.4, 0.5) is 4.39 Å². The molecule has 0 aliphatic rings. The SMILES string of the molecule is CN(C)CCN(Cc1cnc[nH]1)C(=O)CCc1cccc(F)c1.O=CO.O=CO. The number of benzene rings is 1. The van der Waals surface area contributed by atoms with Crippen LogP contribution in [0.25, 0.3) is 0 Å². The van der Waals surface area contributed by atoms with Gasteiger partial charge in [-0.1, -0.05) is 12.1 Å². The zero-order valence-corrected chi connectivity index (χ0v) is 16.5. The third-order valence-corrected chi connectivity index (χ3v) is 3.60. The van der Waals surface area contributed by atoms with Crippen LogP contribution in [0, 0.1) is 5.82 Å². The van der Waals surface area contributed by atoms with Gasteiger partial charge in [0.05, 0.1) is 18.6 Å². The molecule has 9 nitrogen and oxygen atoms in total. The minimum absolute atomic E-state index is 0.0608. The van der Waals surface area contributed by atoms with E-state index in [9.17, 15) is 9.18 Å². The molecule has 1 aromatic carbocycles. The zero-order valence-electron chi connectivity index (χ0n) is 16.5. The first-order valence-corrected chi connectivity index (χ1v) is 8.67. The Kier molecular flexibility index (Phi) is 14.0. The fourth-order valence-corrected chi connectivity index (χ4v) is 2.29. The number of hydrogen-bond acceptors (Lipinski definition) is 5.